The van der Waals surface area contributed by atoms with Gasteiger partial charge in [0.05, 0.1) is 6.54 Å². The van der Waals surface area contributed by atoms with E-state index >= 15 is 0 Å². The number of nitrogens with one attached hydrogen (secondary N) is 3. The SMILES string of the molecule is CNC(=O)CCCCC(=O)N[C@H](C(=O)NC(C(=O)N1CC(OC(=O)N2CCc3ccccc3C2)C[C@H]1C(=O)O)C(C)C)C(C)C. The molecular weight excluding hydrogens is 582 g/mol. The minimum absolute atomic E-state index is 0.0689. The van der Waals surface area contributed by atoms with E-state index < -0.39 is 54.0 Å². The Kier molecular flexibility index (Phi) is 12.7. The van der Waals surface area contributed by atoms with Gasteiger partial charge >= 0.3 is 12.1 Å². The van der Waals surface area contributed by atoms with Gasteiger partial charge in [-0.25, -0.2) is 9.59 Å². The minimum atomic E-state index is -1.23. The fraction of sp³-hybridized carbons (Fsp3) is 0.625. The number of carboxylic acids is 1. The zero-order valence-electron chi connectivity index (χ0n) is 26.8. The number of carbonyl (C=O) groups excluding carboxylic acids is 5. The molecule has 13 heteroatoms. The third kappa shape index (κ3) is 9.66. The molecule has 13 nitrogen and oxygen atoms in total. The van der Waals surface area contributed by atoms with E-state index in [0.29, 0.717) is 38.8 Å². The summed E-state index contributed by atoms with van der Waals surface area (Å²) in [4.78, 5) is 79.0. The number of hydrogen-bond donors (Lipinski definition) is 4. The van der Waals surface area contributed by atoms with Crippen LogP contribution in [0.5, 0.6) is 0 Å². The largest absolute Gasteiger partial charge is 0.480 e. The molecule has 5 amide bonds. The molecule has 248 valence electrons. The van der Waals surface area contributed by atoms with Crippen LogP contribution in [0.2, 0.25) is 0 Å². The molecule has 0 spiro atoms. The number of hydrogen-bond acceptors (Lipinski definition) is 7. The molecular formula is C32H47N5O8. The lowest BCUT2D eigenvalue weighted by atomic mass is 9.98. The monoisotopic (exact) mass is 629 g/mol. The quantitative estimate of drug-likeness (QED) is 0.239. The van der Waals surface area contributed by atoms with Crippen molar-refractivity contribution in [1.29, 1.82) is 0 Å². The van der Waals surface area contributed by atoms with Crippen molar-refractivity contribution in [2.45, 2.75) is 97.0 Å². The molecule has 45 heavy (non-hydrogen) atoms. The van der Waals surface area contributed by atoms with E-state index in [4.69, 9.17) is 4.74 Å². The molecule has 2 aliphatic heterocycles. The van der Waals surface area contributed by atoms with Gasteiger partial charge in [-0.05, 0) is 42.2 Å². The predicted molar refractivity (Wildman–Crippen MR) is 165 cm³/mol. The lowest BCUT2D eigenvalue weighted by molar-refractivity contribution is -0.150. The standard InChI is InChI=1S/C32H47N5O8/c1-19(2)27(34-26(39)13-9-8-12-25(38)33-5)29(40)35-28(20(3)4)30(41)37-18-23(16-24(37)31(42)43)45-32(44)36-15-14-21-10-6-7-11-22(21)17-36/h6-7,10-11,19-20,23-24,27-28H,8-9,12-18H2,1-5H3,(H,33,38)(H,34,39)(H,35,40)(H,42,43)/t23?,24-,27-,28?/m0/s1. The van der Waals surface area contributed by atoms with Crippen LogP contribution in [-0.4, -0.2) is 95.0 Å². The van der Waals surface area contributed by atoms with Gasteiger partial charge in [-0.1, -0.05) is 52.0 Å². The van der Waals surface area contributed by atoms with Crippen molar-refractivity contribution in [3.63, 3.8) is 0 Å². The van der Waals surface area contributed by atoms with Crippen molar-refractivity contribution in [2.75, 3.05) is 20.1 Å². The first kappa shape index (κ1) is 35.3. The second kappa shape index (κ2) is 16.2. The summed E-state index contributed by atoms with van der Waals surface area (Å²) in [6.45, 7) is 7.74. The number of nitrogens with zero attached hydrogens (tertiary/aromatic N) is 2. The maximum Gasteiger partial charge on any atom is 0.410 e. The molecule has 1 saturated heterocycles. The van der Waals surface area contributed by atoms with Gasteiger partial charge in [0.25, 0.3) is 0 Å². The van der Waals surface area contributed by atoms with Gasteiger partial charge < -0.3 is 35.6 Å². The number of carboxylic acid groups (broad SMARTS) is 1. The number of unbranched alkanes of at least 4 members (excludes halogenated alkanes) is 1. The molecule has 3 rings (SSSR count). The first-order chi connectivity index (χ1) is 21.3. The normalized spacial score (nSPS) is 19.0. The Balaban J connectivity index is 1.62. The van der Waals surface area contributed by atoms with Crippen LogP contribution in [0.15, 0.2) is 24.3 Å². The second-order valence-corrected chi connectivity index (χ2v) is 12.4. The summed E-state index contributed by atoms with van der Waals surface area (Å²) >= 11 is 0. The van der Waals surface area contributed by atoms with Crippen LogP contribution in [0, 0.1) is 11.8 Å². The summed E-state index contributed by atoms with van der Waals surface area (Å²) < 4.78 is 5.69. The van der Waals surface area contributed by atoms with Crippen LogP contribution in [0.25, 0.3) is 0 Å². The van der Waals surface area contributed by atoms with Crippen LogP contribution >= 0.6 is 0 Å². The average Bonchev–Trinajstić information content (AvgIpc) is 3.43. The number of benzene rings is 1. The van der Waals surface area contributed by atoms with Crippen molar-refractivity contribution in [3.05, 3.63) is 35.4 Å². The predicted octanol–water partition coefficient (Wildman–Crippen LogP) is 1.82. The number of ether oxygens (including phenoxy) is 1. The highest BCUT2D eigenvalue weighted by Gasteiger charge is 2.45. The van der Waals surface area contributed by atoms with Crippen molar-refractivity contribution >= 4 is 35.7 Å². The molecule has 2 unspecified atom stereocenters. The van der Waals surface area contributed by atoms with Gasteiger partial charge in [0.2, 0.25) is 23.6 Å². The molecule has 2 heterocycles. The van der Waals surface area contributed by atoms with E-state index in [-0.39, 0.29) is 37.1 Å². The van der Waals surface area contributed by atoms with Crippen molar-refractivity contribution in [2.24, 2.45) is 11.8 Å². The molecule has 0 radical (unpaired) electrons. The topological polar surface area (TPSA) is 174 Å². The van der Waals surface area contributed by atoms with Crippen LogP contribution in [-0.2, 0) is 41.7 Å². The number of rotatable bonds is 13. The molecule has 4 atom stereocenters. The average molecular weight is 630 g/mol. The Bertz CT molecular complexity index is 1250. The summed E-state index contributed by atoms with van der Waals surface area (Å²) in [5.74, 6) is -3.55. The van der Waals surface area contributed by atoms with Crippen LogP contribution in [0.1, 0.15) is 70.9 Å². The van der Waals surface area contributed by atoms with E-state index in [0.717, 1.165) is 10.5 Å². The highest BCUT2D eigenvalue weighted by atomic mass is 16.6. The summed E-state index contributed by atoms with van der Waals surface area (Å²) in [5.41, 5.74) is 2.20. The number of fused-ring (bicyclic) bond motifs is 1. The Morgan fingerprint density at radius 3 is 2.13 bits per heavy atom. The number of amides is 5. The van der Waals surface area contributed by atoms with E-state index in [1.165, 1.54) is 5.56 Å². The van der Waals surface area contributed by atoms with E-state index in [9.17, 15) is 33.9 Å². The van der Waals surface area contributed by atoms with Gasteiger partial charge in [0.1, 0.15) is 24.2 Å². The smallest absolute Gasteiger partial charge is 0.410 e. The summed E-state index contributed by atoms with van der Waals surface area (Å²) in [5, 5.41) is 17.9. The molecule has 0 aliphatic carbocycles. The Labute approximate surface area is 264 Å². The van der Waals surface area contributed by atoms with E-state index in [2.05, 4.69) is 16.0 Å². The summed E-state index contributed by atoms with van der Waals surface area (Å²) in [7, 11) is 1.55. The fourth-order valence-electron chi connectivity index (χ4n) is 5.64. The van der Waals surface area contributed by atoms with Gasteiger partial charge in [-0.3, -0.25) is 19.2 Å². The first-order valence-corrected chi connectivity index (χ1v) is 15.7. The molecule has 1 fully saturated rings. The molecule has 0 bridgehead atoms. The van der Waals surface area contributed by atoms with Crippen molar-refractivity contribution < 1.29 is 38.6 Å². The first-order valence-electron chi connectivity index (χ1n) is 15.7. The Morgan fingerprint density at radius 1 is 0.911 bits per heavy atom. The molecule has 0 saturated carbocycles. The number of aliphatic carboxylic acids is 1. The lowest BCUT2D eigenvalue weighted by Crippen LogP contribution is -2.58. The molecule has 0 aromatic heterocycles. The van der Waals surface area contributed by atoms with Crippen LogP contribution < -0.4 is 16.0 Å². The van der Waals surface area contributed by atoms with Crippen LogP contribution in [0.4, 0.5) is 4.79 Å². The fourth-order valence-corrected chi connectivity index (χ4v) is 5.64. The third-order valence-corrected chi connectivity index (χ3v) is 8.32. The number of likely N-dealkylation sites (tertiary alicyclic amines) is 1. The second-order valence-electron chi connectivity index (χ2n) is 12.4. The van der Waals surface area contributed by atoms with E-state index in [1.807, 2.05) is 24.3 Å². The molecule has 4 N–H and O–H groups in total. The highest BCUT2D eigenvalue weighted by Crippen LogP contribution is 2.25. The van der Waals surface area contributed by atoms with Crippen molar-refractivity contribution in [3.8, 4) is 0 Å². The Morgan fingerprint density at radius 2 is 1.53 bits per heavy atom. The third-order valence-electron chi connectivity index (χ3n) is 8.32. The highest BCUT2D eigenvalue weighted by molar-refractivity contribution is 5.94. The number of carbonyl (C=O) groups is 6. The molecule has 1 aromatic rings. The van der Waals surface area contributed by atoms with Gasteiger partial charge in [0.15, 0.2) is 0 Å². The summed E-state index contributed by atoms with van der Waals surface area (Å²) in [6, 6.07) is 4.61. The van der Waals surface area contributed by atoms with Gasteiger partial charge in [-0.2, -0.15) is 0 Å². The van der Waals surface area contributed by atoms with Gasteiger partial charge in [-0.15, -0.1) is 0 Å². The minimum Gasteiger partial charge on any atom is -0.480 e. The van der Waals surface area contributed by atoms with Crippen molar-refractivity contribution in [1.82, 2.24) is 25.8 Å². The van der Waals surface area contributed by atoms with E-state index in [1.54, 1.807) is 39.6 Å². The molecule has 1 aromatic carbocycles. The zero-order valence-corrected chi connectivity index (χ0v) is 26.8. The molecule has 2 aliphatic rings. The van der Waals surface area contributed by atoms with Gasteiger partial charge in [0, 0.05) is 39.4 Å². The summed E-state index contributed by atoms with van der Waals surface area (Å²) in [6.07, 6.45) is 0.665. The Hall–Kier alpha value is -4.16. The van der Waals surface area contributed by atoms with Crippen LogP contribution in [0.3, 0.4) is 0 Å². The maximum absolute atomic E-state index is 13.8. The maximum atomic E-state index is 13.8. The lowest BCUT2D eigenvalue weighted by Gasteiger charge is -2.31. The zero-order chi connectivity index (χ0) is 33.3.